The third-order valence-corrected chi connectivity index (χ3v) is 4.85. The Morgan fingerprint density at radius 1 is 0.750 bits per heavy atom. The second kappa shape index (κ2) is 6.70. The highest BCUT2D eigenvalue weighted by Gasteiger charge is 2.40. The third-order valence-electron chi connectivity index (χ3n) is 4.85. The van der Waals surface area contributed by atoms with Crippen molar-refractivity contribution >= 4 is 11.6 Å². The number of carbonyl (C=O) groups is 2. The molecule has 3 rings (SSSR count). The SMILES string of the molecule is Cc1ccc(C(=O)[C@H]2CN(C)C[C@@H]2C(=O)c2ccc(C)cc2)cc1. The summed E-state index contributed by atoms with van der Waals surface area (Å²) >= 11 is 0. The first-order valence-electron chi connectivity index (χ1n) is 8.36. The lowest BCUT2D eigenvalue weighted by molar-refractivity contribution is 0.0809. The van der Waals surface area contributed by atoms with Crippen LogP contribution in [0.1, 0.15) is 31.8 Å². The van der Waals surface area contributed by atoms with Gasteiger partial charge in [0, 0.05) is 36.1 Å². The summed E-state index contributed by atoms with van der Waals surface area (Å²) in [6.07, 6.45) is 0. The highest BCUT2D eigenvalue weighted by atomic mass is 16.1. The van der Waals surface area contributed by atoms with Gasteiger partial charge < -0.3 is 4.90 Å². The number of hydrogen-bond acceptors (Lipinski definition) is 3. The molecule has 1 aliphatic rings. The van der Waals surface area contributed by atoms with Crippen molar-refractivity contribution in [3.8, 4) is 0 Å². The van der Waals surface area contributed by atoms with E-state index in [2.05, 4.69) is 4.90 Å². The number of aryl methyl sites for hydroxylation is 2. The average Bonchev–Trinajstić information content (AvgIpc) is 2.97. The quantitative estimate of drug-likeness (QED) is 0.808. The van der Waals surface area contributed by atoms with Crippen molar-refractivity contribution in [1.82, 2.24) is 4.90 Å². The molecule has 2 atom stereocenters. The minimum Gasteiger partial charge on any atom is -0.305 e. The van der Waals surface area contributed by atoms with Gasteiger partial charge in [0.2, 0.25) is 0 Å². The predicted molar refractivity (Wildman–Crippen MR) is 95.5 cm³/mol. The van der Waals surface area contributed by atoms with E-state index in [-0.39, 0.29) is 23.4 Å². The molecular weight excluding hydrogens is 298 g/mol. The first-order valence-corrected chi connectivity index (χ1v) is 8.36. The molecule has 0 aliphatic carbocycles. The van der Waals surface area contributed by atoms with Crippen molar-refractivity contribution in [2.75, 3.05) is 20.1 Å². The number of rotatable bonds is 4. The summed E-state index contributed by atoms with van der Waals surface area (Å²) in [5.41, 5.74) is 3.65. The highest BCUT2D eigenvalue weighted by Crippen LogP contribution is 2.29. The first kappa shape index (κ1) is 16.6. The summed E-state index contributed by atoms with van der Waals surface area (Å²) in [7, 11) is 1.97. The first-order chi connectivity index (χ1) is 11.5. The number of nitrogens with zero attached hydrogens (tertiary/aromatic N) is 1. The van der Waals surface area contributed by atoms with Crippen molar-refractivity contribution in [3.05, 3.63) is 70.8 Å². The molecule has 3 nitrogen and oxygen atoms in total. The van der Waals surface area contributed by atoms with Crippen LogP contribution in [0.5, 0.6) is 0 Å². The van der Waals surface area contributed by atoms with Gasteiger partial charge in [-0.2, -0.15) is 0 Å². The fraction of sp³-hybridized carbons (Fsp3) is 0.333. The molecule has 1 saturated heterocycles. The van der Waals surface area contributed by atoms with Crippen molar-refractivity contribution in [2.24, 2.45) is 11.8 Å². The molecule has 0 unspecified atom stereocenters. The largest absolute Gasteiger partial charge is 0.305 e. The molecule has 1 fully saturated rings. The molecule has 0 bridgehead atoms. The molecule has 0 spiro atoms. The van der Waals surface area contributed by atoms with Crippen LogP contribution in [0.2, 0.25) is 0 Å². The van der Waals surface area contributed by atoms with E-state index < -0.39 is 0 Å². The van der Waals surface area contributed by atoms with Crippen LogP contribution < -0.4 is 0 Å². The number of hydrogen-bond donors (Lipinski definition) is 0. The second-order valence-corrected chi connectivity index (χ2v) is 6.89. The van der Waals surface area contributed by atoms with Gasteiger partial charge in [-0.1, -0.05) is 59.7 Å². The molecule has 1 aliphatic heterocycles. The summed E-state index contributed by atoms with van der Waals surface area (Å²) in [5, 5.41) is 0. The Morgan fingerprint density at radius 3 is 1.42 bits per heavy atom. The Morgan fingerprint density at radius 2 is 1.08 bits per heavy atom. The molecule has 24 heavy (non-hydrogen) atoms. The molecule has 124 valence electrons. The van der Waals surface area contributed by atoms with Gasteiger partial charge in [0.1, 0.15) is 0 Å². The predicted octanol–water partition coefficient (Wildman–Crippen LogP) is 3.55. The zero-order valence-electron chi connectivity index (χ0n) is 14.5. The fourth-order valence-electron chi connectivity index (χ4n) is 3.40. The Kier molecular flexibility index (Phi) is 4.63. The zero-order chi connectivity index (χ0) is 17.3. The maximum atomic E-state index is 12.9. The van der Waals surface area contributed by atoms with Gasteiger partial charge in [-0.25, -0.2) is 0 Å². The van der Waals surface area contributed by atoms with Crippen molar-refractivity contribution < 1.29 is 9.59 Å². The van der Waals surface area contributed by atoms with E-state index in [1.165, 1.54) is 0 Å². The molecule has 0 saturated carbocycles. The van der Waals surface area contributed by atoms with Crippen LogP contribution in [0.3, 0.4) is 0 Å². The Hall–Kier alpha value is -2.26. The summed E-state index contributed by atoms with van der Waals surface area (Å²) < 4.78 is 0. The van der Waals surface area contributed by atoms with Crippen LogP contribution in [0.15, 0.2) is 48.5 Å². The molecule has 2 aromatic rings. The molecule has 0 radical (unpaired) electrons. The minimum absolute atomic E-state index is 0.0739. The molecule has 0 N–H and O–H groups in total. The highest BCUT2D eigenvalue weighted by molar-refractivity contribution is 6.05. The van der Waals surface area contributed by atoms with E-state index in [1.807, 2.05) is 69.4 Å². The number of likely N-dealkylation sites (tertiary alicyclic amines) is 1. The van der Waals surface area contributed by atoms with Crippen molar-refractivity contribution in [2.45, 2.75) is 13.8 Å². The second-order valence-electron chi connectivity index (χ2n) is 6.89. The van der Waals surface area contributed by atoms with Gasteiger partial charge in [0.25, 0.3) is 0 Å². The normalized spacial score (nSPS) is 21.0. The zero-order valence-corrected chi connectivity index (χ0v) is 14.5. The monoisotopic (exact) mass is 321 g/mol. The Labute approximate surface area is 143 Å². The number of ketones is 2. The van der Waals surface area contributed by atoms with E-state index in [9.17, 15) is 9.59 Å². The van der Waals surface area contributed by atoms with Gasteiger partial charge in [-0.15, -0.1) is 0 Å². The van der Waals surface area contributed by atoms with Crippen molar-refractivity contribution in [1.29, 1.82) is 0 Å². The van der Waals surface area contributed by atoms with Crippen LogP contribution in [0, 0.1) is 25.7 Å². The number of carbonyl (C=O) groups excluding carboxylic acids is 2. The van der Waals surface area contributed by atoms with Crippen molar-refractivity contribution in [3.63, 3.8) is 0 Å². The fourth-order valence-corrected chi connectivity index (χ4v) is 3.40. The molecule has 0 aromatic heterocycles. The van der Waals surface area contributed by atoms with E-state index in [0.717, 1.165) is 11.1 Å². The summed E-state index contributed by atoms with van der Waals surface area (Å²) in [6, 6.07) is 15.2. The minimum atomic E-state index is -0.272. The standard InChI is InChI=1S/C21H23NO2/c1-14-4-8-16(9-5-14)20(23)18-12-22(3)13-19(18)21(24)17-10-6-15(2)7-11-17/h4-11,18-19H,12-13H2,1-3H3/t18-,19-/m0/s1. The average molecular weight is 321 g/mol. The molecule has 2 aromatic carbocycles. The lowest BCUT2D eigenvalue weighted by Gasteiger charge is -2.17. The molecule has 0 amide bonds. The molecule has 3 heteroatoms. The smallest absolute Gasteiger partial charge is 0.168 e. The van der Waals surface area contributed by atoms with Gasteiger partial charge >= 0.3 is 0 Å². The number of benzene rings is 2. The summed E-state index contributed by atoms with van der Waals surface area (Å²) in [6.45, 7) is 5.27. The maximum Gasteiger partial charge on any atom is 0.168 e. The van der Waals surface area contributed by atoms with Gasteiger partial charge in [-0.3, -0.25) is 9.59 Å². The Balaban J connectivity index is 1.86. The van der Waals surface area contributed by atoms with Crippen LogP contribution >= 0.6 is 0 Å². The maximum absolute atomic E-state index is 12.9. The third kappa shape index (κ3) is 3.31. The summed E-state index contributed by atoms with van der Waals surface area (Å²) in [5.74, 6) is -0.396. The number of Topliss-reactive ketones (excluding diaryl/α,β-unsaturated/α-hetero) is 2. The lowest BCUT2D eigenvalue weighted by Crippen LogP contribution is -2.29. The lowest BCUT2D eigenvalue weighted by atomic mass is 9.83. The van der Waals surface area contributed by atoms with Crippen LogP contribution in [-0.2, 0) is 0 Å². The van der Waals surface area contributed by atoms with E-state index >= 15 is 0 Å². The van der Waals surface area contributed by atoms with Crippen LogP contribution in [0.25, 0.3) is 0 Å². The van der Waals surface area contributed by atoms with Gasteiger partial charge in [0.05, 0.1) is 0 Å². The summed E-state index contributed by atoms with van der Waals surface area (Å²) in [4.78, 5) is 27.9. The molecule has 1 heterocycles. The van der Waals surface area contributed by atoms with E-state index in [1.54, 1.807) is 0 Å². The van der Waals surface area contributed by atoms with Crippen LogP contribution in [-0.4, -0.2) is 36.6 Å². The molecular formula is C21H23NO2. The van der Waals surface area contributed by atoms with E-state index in [0.29, 0.717) is 24.2 Å². The topological polar surface area (TPSA) is 37.4 Å². The Bertz CT molecular complexity index is 681. The van der Waals surface area contributed by atoms with Gasteiger partial charge in [-0.05, 0) is 20.9 Å². The van der Waals surface area contributed by atoms with Gasteiger partial charge in [0.15, 0.2) is 11.6 Å². The van der Waals surface area contributed by atoms with E-state index in [4.69, 9.17) is 0 Å². The van der Waals surface area contributed by atoms with Crippen LogP contribution in [0.4, 0.5) is 0 Å².